The standard InChI is InChI=1S/C75H106F8N12O13/c1-15-20-21-22-28-55-66(100)86-64(45(6)18-4)72(106)90(11)43-61(98)88(9)44-62(99)94(35-17-3)58(38-46-29-32-49(33-30-46)74(78,79)80)71(105)89(10)42-59(96)84-54(34-31-47-36-51(76)63(52(77)37-47)75(81,82)83)69(103)95-41-50(108-19-5)39-56(95)67(101)85-53(25-16-2)68(102)93(14)65(48-26-23-24-27-48)73(107)92(13)57(70(104)87(7)8)40-60(97)91(55)12/h15-16,29-30,32-33,36-37,45,48,50,53-58,64-65H,1-2,17-28,31,34-35,38-44H2,3-14H3,(H,84,96)(H,85,101)(H,86,100)/t45-,50+,53+,54-,55-,56-,57-,58-,64-,65-/m0/s1. The Bertz CT molecular complexity index is 3520. The van der Waals surface area contributed by atoms with Gasteiger partial charge in [0.05, 0.1) is 37.7 Å². The zero-order valence-electron chi connectivity index (χ0n) is 63.8. The molecule has 0 bridgehead atoms. The van der Waals surface area contributed by atoms with Gasteiger partial charge in [0.25, 0.3) is 0 Å². The van der Waals surface area contributed by atoms with Crippen molar-refractivity contribution in [3.8, 4) is 0 Å². The molecule has 3 N–H and O–H groups in total. The molecule has 0 unspecified atom stereocenters. The van der Waals surface area contributed by atoms with E-state index in [1.54, 1.807) is 33.8 Å². The molecule has 0 radical (unpaired) electrons. The van der Waals surface area contributed by atoms with E-state index in [0.717, 1.165) is 70.5 Å². The molecule has 2 saturated heterocycles. The van der Waals surface area contributed by atoms with E-state index in [0.29, 0.717) is 63.5 Å². The maximum Gasteiger partial charge on any atom is 0.422 e. The van der Waals surface area contributed by atoms with Crippen molar-refractivity contribution in [3.05, 3.63) is 95.6 Å². The molecule has 108 heavy (non-hydrogen) atoms. The fourth-order valence-electron chi connectivity index (χ4n) is 13.9. The van der Waals surface area contributed by atoms with Crippen molar-refractivity contribution in [2.24, 2.45) is 11.8 Å². The van der Waals surface area contributed by atoms with E-state index in [2.05, 4.69) is 29.1 Å². The number of rotatable bonds is 20. The van der Waals surface area contributed by atoms with Crippen LogP contribution >= 0.6 is 0 Å². The van der Waals surface area contributed by atoms with Gasteiger partial charge in [0.2, 0.25) is 70.9 Å². The van der Waals surface area contributed by atoms with Crippen LogP contribution in [0, 0.1) is 23.5 Å². The Labute approximate surface area is 626 Å². The van der Waals surface area contributed by atoms with Crippen molar-refractivity contribution >= 4 is 70.9 Å². The molecule has 25 nitrogen and oxygen atoms in total. The van der Waals surface area contributed by atoms with Crippen LogP contribution in [0.25, 0.3) is 0 Å². The van der Waals surface area contributed by atoms with E-state index >= 15 is 32.8 Å². The van der Waals surface area contributed by atoms with Crippen LogP contribution in [0.4, 0.5) is 35.1 Å². The molecule has 5 rings (SSSR count). The van der Waals surface area contributed by atoms with Crippen LogP contribution < -0.4 is 16.0 Å². The molecule has 0 aromatic heterocycles. The Morgan fingerprint density at radius 3 is 1.82 bits per heavy atom. The van der Waals surface area contributed by atoms with Gasteiger partial charge in [0, 0.05) is 88.9 Å². The number of allylic oxidation sites excluding steroid dienone is 1. The number of alkyl halides is 6. The van der Waals surface area contributed by atoms with Crippen LogP contribution in [0.1, 0.15) is 140 Å². The zero-order chi connectivity index (χ0) is 81.0. The molecule has 2 heterocycles. The number of hydrogen-bond acceptors (Lipinski definition) is 13. The second-order valence-electron chi connectivity index (χ2n) is 28.4. The van der Waals surface area contributed by atoms with Gasteiger partial charge in [0.15, 0.2) is 0 Å². The van der Waals surface area contributed by atoms with E-state index in [9.17, 15) is 59.9 Å². The van der Waals surface area contributed by atoms with E-state index < -0.39 is 223 Å². The summed E-state index contributed by atoms with van der Waals surface area (Å²) in [4.78, 5) is 188. The number of aryl methyl sites for hydroxylation is 1. The van der Waals surface area contributed by atoms with Crippen LogP contribution in [0.3, 0.4) is 0 Å². The summed E-state index contributed by atoms with van der Waals surface area (Å²) < 4.78 is 119. The number of halogens is 8. The van der Waals surface area contributed by atoms with Gasteiger partial charge in [0.1, 0.15) is 65.5 Å². The van der Waals surface area contributed by atoms with Crippen molar-refractivity contribution in [2.75, 3.05) is 95.7 Å². The molecule has 600 valence electrons. The number of nitrogens with zero attached hydrogens (tertiary/aromatic N) is 9. The predicted molar refractivity (Wildman–Crippen MR) is 383 cm³/mol. The minimum atomic E-state index is -5.47. The molecule has 1 aliphatic carbocycles. The third-order valence-electron chi connectivity index (χ3n) is 20.3. The summed E-state index contributed by atoms with van der Waals surface area (Å²) in [7, 11) is 10.4. The molecule has 2 aromatic rings. The van der Waals surface area contributed by atoms with Crippen LogP contribution in [-0.2, 0) is 87.5 Å². The first kappa shape index (κ1) is 89.6. The lowest BCUT2D eigenvalue weighted by Gasteiger charge is -2.39. The number of fused-ring (bicyclic) bond motifs is 1. The second-order valence-corrected chi connectivity index (χ2v) is 28.4. The molecule has 2 aliphatic heterocycles. The Morgan fingerprint density at radius 1 is 0.657 bits per heavy atom. The SMILES string of the molecule is C=CCCCC[C@H]1C(=O)N[C@@H]([C@@H](C)CC)C(=O)N(C)CC(=O)N(C)CC(=O)N(CCC)[C@@H](Cc2ccc(C(F)(F)F)cc2)C(=O)N(C)CC(=O)N[C@@H](CCc2cc(F)c(C(F)(F)F)c(F)c2)C(=O)N2C[C@H](OCC)C[C@H]2C(=O)N[C@H](CC=C)C(=O)N(C)[C@@H](C2CCCC2)C(=O)N(C)[C@H](C(=O)N(C)C)CC(=O)N1C. The van der Waals surface area contributed by atoms with Gasteiger partial charge < -0.3 is 64.8 Å². The lowest BCUT2D eigenvalue weighted by atomic mass is 9.93. The summed E-state index contributed by atoms with van der Waals surface area (Å²) >= 11 is 0. The van der Waals surface area contributed by atoms with Gasteiger partial charge in [-0.2, -0.15) is 26.3 Å². The molecule has 10 atom stereocenters. The van der Waals surface area contributed by atoms with Gasteiger partial charge in [-0.3, -0.25) is 57.5 Å². The number of likely N-dealkylation sites (N-methyl/N-ethyl adjacent to an activating group) is 7. The molecule has 3 fully saturated rings. The van der Waals surface area contributed by atoms with Gasteiger partial charge in [-0.1, -0.05) is 70.7 Å². The molecule has 2 aromatic carbocycles. The number of unbranched alkanes of at least 4 members (excludes halogenated alkanes) is 2. The fourth-order valence-corrected chi connectivity index (χ4v) is 13.9. The highest BCUT2D eigenvalue weighted by molar-refractivity contribution is 6.00. The molecule has 12 amide bonds. The largest absolute Gasteiger partial charge is 0.422 e. The van der Waals surface area contributed by atoms with Crippen LogP contribution in [-0.4, -0.2) is 265 Å². The van der Waals surface area contributed by atoms with Crippen molar-refractivity contribution in [3.63, 3.8) is 0 Å². The summed E-state index contributed by atoms with van der Waals surface area (Å²) in [6, 6.07) is -7.68. The number of benzene rings is 2. The summed E-state index contributed by atoms with van der Waals surface area (Å²) in [6.45, 7) is 11.3. The van der Waals surface area contributed by atoms with E-state index in [1.165, 1.54) is 60.3 Å². The quantitative estimate of drug-likeness (QED) is 0.0763. The first-order valence-corrected chi connectivity index (χ1v) is 36.5. The highest BCUT2D eigenvalue weighted by Crippen LogP contribution is 2.36. The van der Waals surface area contributed by atoms with Crippen molar-refractivity contribution in [1.82, 2.24) is 60.0 Å². The zero-order valence-corrected chi connectivity index (χ0v) is 63.8. The van der Waals surface area contributed by atoms with Gasteiger partial charge in [-0.15, -0.1) is 13.2 Å². The Balaban J connectivity index is 1.71. The summed E-state index contributed by atoms with van der Waals surface area (Å²) in [6.07, 6.45) is -7.12. The normalized spacial score (nSPS) is 24.1. The van der Waals surface area contributed by atoms with Crippen molar-refractivity contribution in [1.29, 1.82) is 0 Å². The third-order valence-corrected chi connectivity index (χ3v) is 20.3. The van der Waals surface area contributed by atoms with Gasteiger partial charge in [-0.05, 0) is 112 Å². The third kappa shape index (κ3) is 23.7. The lowest BCUT2D eigenvalue weighted by Crippen LogP contribution is -2.61. The van der Waals surface area contributed by atoms with Crippen LogP contribution in [0.5, 0.6) is 0 Å². The maximum atomic E-state index is 15.4. The number of ether oxygens (including phenoxy) is 1. The van der Waals surface area contributed by atoms with Crippen molar-refractivity contribution in [2.45, 2.75) is 197 Å². The minimum Gasteiger partial charge on any atom is -0.377 e. The van der Waals surface area contributed by atoms with E-state index in [4.69, 9.17) is 4.74 Å². The molecular formula is C75H106F8N12O13. The summed E-state index contributed by atoms with van der Waals surface area (Å²) in [5.41, 5.74) is -3.57. The maximum absolute atomic E-state index is 15.4. The Kier molecular flexibility index (Phi) is 33.5. The molecule has 3 aliphatic rings. The molecule has 0 spiro atoms. The predicted octanol–water partition coefficient (Wildman–Crippen LogP) is 6.15. The number of nitrogens with one attached hydrogen (secondary N) is 3. The summed E-state index contributed by atoms with van der Waals surface area (Å²) in [5, 5.41) is 8.02. The average molecular weight is 1540 g/mol. The average Bonchev–Trinajstić information content (AvgIpc) is 1.64. The number of amides is 12. The monoisotopic (exact) mass is 1530 g/mol. The minimum absolute atomic E-state index is 0.0363. The number of carbonyl (C=O) groups is 12. The Morgan fingerprint density at radius 2 is 1.27 bits per heavy atom. The number of carbonyl (C=O) groups excluding carboxylic acids is 12. The first-order chi connectivity index (χ1) is 50.7. The first-order valence-electron chi connectivity index (χ1n) is 36.5. The molecular weight excluding hydrogens is 1430 g/mol. The lowest BCUT2D eigenvalue weighted by molar-refractivity contribution is -0.154. The smallest absolute Gasteiger partial charge is 0.377 e. The topological polar surface area (TPSA) is 279 Å². The number of hydrogen-bond donors (Lipinski definition) is 3. The van der Waals surface area contributed by atoms with E-state index in [-0.39, 0.29) is 50.9 Å². The van der Waals surface area contributed by atoms with E-state index in [1.807, 2.05) is 0 Å². The van der Waals surface area contributed by atoms with Crippen LogP contribution in [0.2, 0.25) is 0 Å². The molecule has 33 heteroatoms. The highest BCUT2D eigenvalue weighted by Gasteiger charge is 2.48. The highest BCUT2D eigenvalue weighted by atomic mass is 19.4. The molecule has 1 saturated carbocycles. The van der Waals surface area contributed by atoms with Crippen molar-refractivity contribution < 1.29 is 97.4 Å². The fraction of sp³-hybridized carbons (Fsp3) is 0.627. The Hall–Kier alpha value is -9.04. The second kappa shape index (κ2) is 40.4. The van der Waals surface area contributed by atoms with Gasteiger partial charge in [-0.25, -0.2) is 8.78 Å². The summed E-state index contributed by atoms with van der Waals surface area (Å²) in [5.74, 6) is -15.7. The van der Waals surface area contributed by atoms with Crippen LogP contribution in [0.15, 0.2) is 61.7 Å². The van der Waals surface area contributed by atoms with Gasteiger partial charge >= 0.3 is 12.4 Å².